The average Bonchev–Trinajstić information content (AvgIpc) is 3.03. The molecular weight excluding hydrogens is 649 g/mol. The molecule has 0 fully saturated rings. The zero-order valence-electron chi connectivity index (χ0n) is 25.2. The van der Waals surface area contributed by atoms with E-state index in [0.717, 1.165) is 0 Å². The minimum atomic E-state index is -4.14. The Morgan fingerprint density at radius 3 is 1.62 bits per heavy atom. The minimum absolute atomic E-state index is 0.0221. The summed E-state index contributed by atoms with van der Waals surface area (Å²) in [7, 11) is -8.04. The molecule has 0 aromatic heterocycles. The predicted octanol–water partition coefficient (Wildman–Crippen LogP) is 8.68. The summed E-state index contributed by atoms with van der Waals surface area (Å²) in [6.45, 7) is 10.1. The van der Waals surface area contributed by atoms with Gasteiger partial charge in [0.2, 0.25) is 0 Å². The van der Waals surface area contributed by atoms with Gasteiger partial charge >= 0.3 is 0 Å². The van der Waals surface area contributed by atoms with Crippen LogP contribution in [0.3, 0.4) is 0 Å². The molecule has 11 heteroatoms. The zero-order valence-corrected chi connectivity index (χ0v) is 28.3. The molecule has 0 amide bonds. The van der Waals surface area contributed by atoms with Gasteiger partial charge in [-0.25, -0.2) is 4.21 Å². The van der Waals surface area contributed by atoms with E-state index in [1.165, 1.54) is 68.2 Å². The Hall–Kier alpha value is -3.31. The van der Waals surface area contributed by atoms with Crippen LogP contribution in [0, 0.1) is 0 Å². The van der Waals surface area contributed by atoms with E-state index in [1.54, 1.807) is 48.5 Å². The van der Waals surface area contributed by atoms with E-state index in [9.17, 15) is 17.2 Å². The molecule has 0 aliphatic heterocycles. The molecule has 0 heterocycles. The molecule has 2 unspecified atom stereocenters. The third-order valence-electron chi connectivity index (χ3n) is 7.27. The van der Waals surface area contributed by atoms with Gasteiger partial charge in [-0.3, -0.25) is 4.55 Å². The lowest BCUT2D eigenvalue weighted by molar-refractivity contribution is 0.321. The average molecular weight is 685 g/mol. The lowest BCUT2D eigenvalue weighted by Crippen LogP contribution is -2.29. The quantitative estimate of drug-likeness (QED) is 0.190. The smallest absolute Gasteiger partial charge is 0.282 e. The van der Waals surface area contributed by atoms with Crippen LogP contribution in [0.25, 0.3) is 5.57 Å². The third-order valence-corrected chi connectivity index (χ3v) is 10.4. The van der Waals surface area contributed by atoms with Gasteiger partial charge in [0.15, 0.2) is 10.0 Å². The van der Waals surface area contributed by atoms with E-state index in [-0.39, 0.29) is 21.2 Å². The standard InChI is InChI=1S/C28H20Cl2N2O4S2.C6H15N/c29-21-11-15-23(16-12-21)37(33,34)31-27-25(19-7-3-1-4-8-19)28(26(27)20-9-5-2-6-10-20)32-38(35,36)24-17-13-22(30)14-18-24;1-4-7(5-2)6-3/h1-18,25H,(H,31,33,34);4-6H2,1-3H3/b32-28+;. The van der Waals surface area contributed by atoms with Crippen molar-refractivity contribution in [1.29, 1.82) is 0 Å². The molecule has 5 rings (SSSR count). The van der Waals surface area contributed by atoms with Crippen LogP contribution >= 0.6 is 23.2 Å². The van der Waals surface area contributed by atoms with Crippen molar-refractivity contribution in [3.8, 4) is 0 Å². The van der Waals surface area contributed by atoms with Gasteiger partial charge in [0.05, 0.1) is 27.1 Å². The molecule has 0 spiro atoms. The first-order chi connectivity index (χ1) is 21.5. The molecule has 2 atom stereocenters. The molecule has 0 radical (unpaired) electrons. The molecule has 4 aromatic carbocycles. The van der Waals surface area contributed by atoms with Gasteiger partial charge < -0.3 is 4.90 Å². The van der Waals surface area contributed by atoms with Crippen LogP contribution in [0.1, 0.15) is 37.8 Å². The van der Waals surface area contributed by atoms with Crippen molar-refractivity contribution in [1.82, 2.24) is 4.90 Å². The Labute approximate surface area is 276 Å². The highest BCUT2D eigenvalue weighted by atomic mass is 35.5. The SMILES string of the molecule is CCN(CC)CC.O=S(=O)(/N=C1/C(c2ccccc2)=C(N=S(=O)(O)c2ccc(Cl)cc2)C1c1ccccc1)c1ccc(Cl)cc1. The van der Waals surface area contributed by atoms with Crippen LogP contribution in [0.4, 0.5) is 0 Å². The molecular formula is C34H35Cl2N3O4S2. The van der Waals surface area contributed by atoms with E-state index < -0.39 is 26.0 Å². The van der Waals surface area contributed by atoms with Gasteiger partial charge in [0.1, 0.15) is 0 Å². The van der Waals surface area contributed by atoms with Gasteiger partial charge in [-0.05, 0) is 79.3 Å². The van der Waals surface area contributed by atoms with Crippen LogP contribution in [0.2, 0.25) is 10.0 Å². The van der Waals surface area contributed by atoms with Crippen molar-refractivity contribution in [2.24, 2.45) is 8.76 Å². The van der Waals surface area contributed by atoms with Crippen molar-refractivity contribution >= 4 is 54.5 Å². The van der Waals surface area contributed by atoms with Crippen LogP contribution in [0.15, 0.2) is 133 Å². The highest BCUT2D eigenvalue weighted by molar-refractivity contribution is 7.90. The second-order valence-corrected chi connectivity index (χ2v) is 14.2. The van der Waals surface area contributed by atoms with Crippen molar-refractivity contribution in [2.75, 3.05) is 19.6 Å². The fourth-order valence-corrected chi connectivity index (χ4v) is 7.14. The maximum atomic E-state index is 13.4. The van der Waals surface area contributed by atoms with E-state index in [4.69, 9.17) is 23.2 Å². The Kier molecular flexibility index (Phi) is 11.8. The summed E-state index contributed by atoms with van der Waals surface area (Å²) in [5.74, 6) is -0.756. The van der Waals surface area contributed by atoms with Crippen molar-refractivity contribution in [2.45, 2.75) is 36.5 Å². The summed E-state index contributed by atoms with van der Waals surface area (Å²) < 4.78 is 59.7. The molecule has 0 saturated carbocycles. The number of hydrogen-bond donors (Lipinski definition) is 1. The Morgan fingerprint density at radius 1 is 0.689 bits per heavy atom. The van der Waals surface area contributed by atoms with Gasteiger partial charge in [-0.2, -0.15) is 17.2 Å². The fourth-order valence-electron chi connectivity index (χ4n) is 4.79. The second kappa shape index (κ2) is 15.3. The van der Waals surface area contributed by atoms with Crippen LogP contribution in [0.5, 0.6) is 0 Å². The number of benzene rings is 4. The van der Waals surface area contributed by atoms with Crippen molar-refractivity contribution in [3.05, 3.63) is 136 Å². The Bertz CT molecular complexity index is 1880. The topological polar surface area (TPSA) is 99.4 Å². The van der Waals surface area contributed by atoms with E-state index in [1.807, 2.05) is 12.1 Å². The van der Waals surface area contributed by atoms with Crippen LogP contribution in [-0.4, -0.2) is 47.4 Å². The molecule has 4 aromatic rings. The Morgan fingerprint density at radius 2 is 1.16 bits per heavy atom. The van der Waals surface area contributed by atoms with Gasteiger partial charge in [0, 0.05) is 15.6 Å². The number of halogens is 2. The highest BCUT2D eigenvalue weighted by Gasteiger charge is 2.41. The molecule has 1 aliphatic carbocycles. The number of rotatable bonds is 9. The normalized spacial score (nSPS) is 16.9. The highest BCUT2D eigenvalue weighted by Crippen LogP contribution is 2.47. The Balaban J connectivity index is 0.000000591. The van der Waals surface area contributed by atoms with E-state index >= 15 is 0 Å². The molecule has 0 bridgehead atoms. The summed E-state index contributed by atoms with van der Waals surface area (Å²) in [6.07, 6.45) is 0. The number of nitrogens with zero attached hydrogens (tertiary/aromatic N) is 3. The maximum Gasteiger partial charge on any atom is 0.282 e. The van der Waals surface area contributed by atoms with Gasteiger partial charge in [0.25, 0.3) is 10.0 Å². The first-order valence-corrected chi connectivity index (χ1v) is 18.1. The van der Waals surface area contributed by atoms with Gasteiger partial charge in [-0.15, -0.1) is 0 Å². The molecule has 45 heavy (non-hydrogen) atoms. The predicted molar refractivity (Wildman–Crippen MR) is 185 cm³/mol. The lowest BCUT2D eigenvalue weighted by Gasteiger charge is -2.33. The lowest BCUT2D eigenvalue weighted by atomic mass is 9.73. The molecule has 0 saturated heterocycles. The van der Waals surface area contributed by atoms with Crippen LogP contribution < -0.4 is 0 Å². The fraction of sp³-hybridized carbons (Fsp3) is 0.206. The maximum absolute atomic E-state index is 13.4. The van der Waals surface area contributed by atoms with Crippen molar-refractivity contribution < 1.29 is 17.2 Å². The number of allylic oxidation sites excluding steroid dienone is 2. The van der Waals surface area contributed by atoms with Crippen LogP contribution in [-0.2, 0) is 20.0 Å². The number of hydrogen-bond acceptors (Lipinski definition) is 5. The van der Waals surface area contributed by atoms with Gasteiger partial charge in [-0.1, -0.05) is 105 Å². The minimum Gasteiger partial charge on any atom is -0.304 e. The third kappa shape index (κ3) is 8.49. The monoisotopic (exact) mass is 683 g/mol. The molecule has 236 valence electrons. The molecule has 1 aliphatic rings. The number of sulfonamides is 1. The van der Waals surface area contributed by atoms with Crippen molar-refractivity contribution in [3.63, 3.8) is 0 Å². The summed E-state index contributed by atoms with van der Waals surface area (Å²) in [5, 5.41) is 0.814. The molecule has 7 nitrogen and oxygen atoms in total. The summed E-state index contributed by atoms with van der Waals surface area (Å²) in [5.41, 5.74) is 2.17. The largest absolute Gasteiger partial charge is 0.304 e. The second-order valence-electron chi connectivity index (χ2n) is 10.0. The summed E-state index contributed by atoms with van der Waals surface area (Å²) in [6, 6.07) is 29.6. The summed E-state index contributed by atoms with van der Waals surface area (Å²) >= 11 is 11.9. The first-order valence-electron chi connectivity index (χ1n) is 14.4. The van der Waals surface area contributed by atoms with E-state index in [2.05, 4.69) is 34.4 Å². The first kappa shape index (κ1) is 34.6. The zero-order chi connectivity index (χ0) is 32.6. The van der Waals surface area contributed by atoms with E-state index in [0.29, 0.717) is 26.7 Å². The molecule has 1 N–H and O–H groups in total. The summed E-state index contributed by atoms with van der Waals surface area (Å²) in [4.78, 5) is 2.43.